The summed E-state index contributed by atoms with van der Waals surface area (Å²) in [7, 11) is -3.80. The molecule has 8 heteroatoms. The number of aryl methyl sites for hydroxylation is 1. The summed E-state index contributed by atoms with van der Waals surface area (Å²) in [6.45, 7) is 1.85. The van der Waals surface area contributed by atoms with Crippen LogP contribution in [0.5, 0.6) is 0 Å². The van der Waals surface area contributed by atoms with Crippen molar-refractivity contribution in [3.63, 3.8) is 0 Å². The minimum atomic E-state index is -3.80. The number of thioether (sulfide) groups is 1. The van der Waals surface area contributed by atoms with Gasteiger partial charge in [-0.1, -0.05) is 6.07 Å². The molecule has 0 aromatic heterocycles. The summed E-state index contributed by atoms with van der Waals surface area (Å²) in [5.74, 6) is -0.672. The van der Waals surface area contributed by atoms with Gasteiger partial charge in [-0.2, -0.15) is 4.31 Å². The SMILES string of the molecule is Cc1ccc(S(=O)(=O)N2CSC[C@@H]2C(=O)O)c(Br)c1. The number of carboxylic acid groups (broad SMARTS) is 1. The van der Waals surface area contributed by atoms with Crippen molar-refractivity contribution in [2.45, 2.75) is 17.9 Å². The molecule has 0 spiro atoms. The number of hydrogen-bond acceptors (Lipinski definition) is 4. The van der Waals surface area contributed by atoms with Gasteiger partial charge >= 0.3 is 5.97 Å². The molecule has 2 rings (SSSR count). The number of halogens is 1. The second-order valence-electron chi connectivity index (χ2n) is 4.18. The molecular formula is C11H12BrNO4S2. The van der Waals surface area contributed by atoms with Gasteiger partial charge in [0.2, 0.25) is 10.0 Å². The van der Waals surface area contributed by atoms with Gasteiger partial charge in [-0.15, -0.1) is 11.8 Å². The number of nitrogens with zero attached hydrogens (tertiary/aromatic N) is 1. The summed E-state index contributed by atoms with van der Waals surface area (Å²) in [6.07, 6.45) is 0. The van der Waals surface area contributed by atoms with Crippen molar-refractivity contribution >= 4 is 43.7 Å². The molecule has 1 aliphatic rings. The van der Waals surface area contributed by atoms with Crippen LogP contribution < -0.4 is 0 Å². The van der Waals surface area contributed by atoms with Crippen LogP contribution in [-0.2, 0) is 14.8 Å². The van der Waals surface area contributed by atoms with Gasteiger partial charge < -0.3 is 5.11 Å². The summed E-state index contributed by atoms with van der Waals surface area (Å²) in [5, 5.41) is 9.08. The number of carbonyl (C=O) groups is 1. The van der Waals surface area contributed by atoms with Gasteiger partial charge in [-0.25, -0.2) is 8.42 Å². The zero-order chi connectivity index (χ0) is 14.2. The van der Waals surface area contributed by atoms with Crippen LogP contribution in [0.4, 0.5) is 0 Å². The van der Waals surface area contributed by atoms with E-state index < -0.39 is 22.0 Å². The molecule has 0 unspecified atom stereocenters. The average molecular weight is 366 g/mol. The molecule has 1 saturated heterocycles. The Morgan fingerprint density at radius 3 is 2.79 bits per heavy atom. The van der Waals surface area contributed by atoms with Crippen LogP contribution in [0, 0.1) is 6.92 Å². The fourth-order valence-electron chi connectivity index (χ4n) is 1.80. The molecule has 0 saturated carbocycles. The lowest BCUT2D eigenvalue weighted by Gasteiger charge is -2.20. The molecule has 1 aliphatic heterocycles. The van der Waals surface area contributed by atoms with Crippen molar-refractivity contribution in [2.24, 2.45) is 0 Å². The van der Waals surface area contributed by atoms with Crippen molar-refractivity contribution in [2.75, 3.05) is 11.6 Å². The van der Waals surface area contributed by atoms with Crippen molar-refractivity contribution in [1.29, 1.82) is 0 Å². The third-order valence-electron chi connectivity index (χ3n) is 2.80. The highest BCUT2D eigenvalue weighted by molar-refractivity contribution is 9.10. The number of carboxylic acids is 1. The molecular weight excluding hydrogens is 354 g/mol. The second-order valence-corrected chi connectivity index (χ2v) is 7.89. The molecule has 1 aromatic carbocycles. The van der Waals surface area contributed by atoms with Crippen molar-refractivity contribution in [1.82, 2.24) is 4.31 Å². The van der Waals surface area contributed by atoms with Gasteiger partial charge in [0.05, 0.1) is 10.8 Å². The lowest BCUT2D eigenvalue weighted by Crippen LogP contribution is -2.41. The van der Waals surface area contributed by atoms with E-state index in [2.05, 4.69) is 15.9 Å². The number of sulfonamides is 1. The van der Waals surface area contributed by atoms with E-state index in [-0.39, 0.29) is 16.5 Å². The molecule has 5 nitrogen and oxygen atoms in total. The third kappa shape index (κ3) is 2.81. The molecule has 1 fully saturated rings. The second kappa shape index (κ2) is 5.43. The minimum absolute atomic E-state index is 0.104. The summed E-state index contributed by atoms with van der Waals surface area (Å²) < 4.78 is 26.5. The standard InChI is InChI=1S/C11H12BrNO4S2/c1-7-2-3-10(8(12)4-7)19(16,17)13-6-18-5-9(13)11(14)15/h2-4,9H,5-6H2,1H3,(H,14,15)/t9-/m1/s1. The fraction of sp³-hybridized carbons (Fsp3) is 0.364. The average Bonchev–Trinajstić information content (AvgIpc) is 2.77. The van der Waals surface area contributed by atoms with Crippen molar-refractivity contribution in [3.8, 4) is 0 Å². The first kappa shape index (κ1) is 14.8. The molecule has 0 aliphatic carbocycles. The molecule has 19 heavy (non-hydrogen) atoms. The lowest BCUT2D eigenvalue weighted by atomic mass is 10.2. The molecule has 1 aromatic rings. The summed E-state index contributed by atoms with van der Waals surface area (Å²) in [5.41, 5.74) is 0.927. The van der Waals surface area contributed by atoms with Gasteiger partial charge in [-0.05, 0) is 40.5 Å². The Labute approximate surface area is 124 Å². The smallest absolute Gasteiger partial charge is 0.322 e. The van der Waals surface area contributed by atoms with E-state index in [1.165, 1.54) is 17.8 Å². The molecule has 104 valence electrons. The highest BCUT2D eigenvalue weighted by Crippen LogP contribution is 2.32. The molecule has 1 atom stereocenters. The van der Waals surface area contributed by atoms with E-state index in [0.717, 1.165) is 9.87 Å². The summed E-state index contributed by atoms with van der Waals surface area (Å²) >= 11 is 4.53. The quantitative estimate of drug-likeness (QED) is 0.885. The topological polar surface area (TPSA) is 74.7 Å². The molecule has 0 bridgehead atoms. The Hall–Kier alpha value is -0.570. The zero-order valence-corrected chi connectivity index (χ0v) is 13.3. The van der Waals surface area contributed by atoms with Crippen LogP contribution in [0.25, 0.3) is 0 Å². The predicted octanol–water partition coefficient (Wildman–Crippen LogP) is 1.91. The van der Waals surface area contributed by atoms with Crippen LogP contribution in [0.3, 0.4) is 0 Å². The van der Waals surface area contributed by atoms with Gasteiger partial charge in [0.25, 0.3) is 0 Å². The Morgan fingerprint density at radius 2 is 2.21 bits per heavy atom. The van der Waals surface area contributed by atoms with Crippen LogP contribution in [0.1, 0.15) is 5.56 Å². The number of benzene rings is 1. The number of hydrogen-bond donors (Lipinski definition) is 1. The molecule has 1 heterocycles. The van der Waals surface area contributed by atoms with E-state index in [1.807, 2.05) is 6.92 Å². The molecule has 1 N–H and O–H groups in total. The van der Waals surface area contributed by atoms with Crippen LogP contribution in [0.2, 0.25) is 0 Å². The Kier molecular flexibility index (Phi) is 4.24. The maximum Gasteiger partial charge on any atom is 0.322 e. The summed E-state index contributed by atoms with van der Waals surface area (Å²) in [6, 6.07) is 3.89. The van der Waals surface area contributed by atoms with Crippen molar-refractivity contribution < 1.29 is 18.3 Å². The number of aliphatic carboxylic acids is 1. The predicted molar refractivity (Wildman–Crippen MR) is 76.7 cm³/mol. The van der Waals surface area contributed by atoms with E-state index >= 15 is 0 Å². The highest BCUT2D eigenvalue weighted by Gasteiger charge is 2.40. The van der Waals surface area contributed by atoms with E-state index in [4.69, 9.17) is 5.11 Å². The molecule has 0 amide bonds. The van der Waals surface area contributed by atoms with Gasteiger partial charge in [0.1, 0.15) is 6.04 Å². The van der Waals surface area contributed by atoms with Crippen molar-refractivity contribution in [3.05, 3.63) is 28.2 Å². The van der Waals surface area contributed by atoms with Crippen LogP contribution in [0.15, 0.2) is 27.6 Å². The van der Waals surface area contributed by atoms with E-state index in [9.17, 15) is 13.2 Å². The van der Waals surface area contributed by atoms with Crippen LogP contribution in [-0.4, -0.2) is 41.5 Å². The Balaban J connectivity index is 2.45. The third-order valence-corrected chi connectivity index (χ3v) is 6.81. The zero-order valence-electron chi connectivity index (χ0n) is 10.0. The summed E-state index contributed by atoms with van der Waals surface area (Å²) in [4.78, 5) is 11.2. The fourth-order valence-corrected chi connectivity index (χ4v) is 6.09. The lowest BCUT2D eigenvalue weighted by molar-refractivity contribution is -0.140. The highest BCUT2D eigenvalue weighted by atomic mass is 79.9. The van der Waals surface area contributed by atoms with Gasteiger partial charge in [0, 0.05) is 10.2 Å². The molecule has 0 radical (unpaired) electrons. The largest absolute Gasteiger partial charge is 0.480 e. The van der Waals surface area contributed by atoms with E-state index in [0.29, 0.717) is 4.47 Å². The number of rotatable bonds is 3. The maximum atomic E-state index is 12.5. The Bertz CT molecular complexity index is 617. The maximum absolute atomic E-state index is 12.5. The van der Waals surface area contributed by atoms with Gasteiger partial charge in [-0.3, -0.25) is 4.79 Å². The van der Waals surface area contributed by atoms with Gasteiger partial charge in [0.15, 0.2) is 0 Å². The monoisotopic (exact) mass is 365 g/mol. The first-order valence-corrected chi connectivity index (χ1v) is 8.81. The minimum Gasteiger partial charge on any atom is -0.480 e. The first-order chi connectivity index (χ1) is 8.84. The Morgan fingerprint density at radius 1 is 1.53 bits per heavy atom. The van der Waals surface area contributed by atoms with Crippen LogP contribution >= 0.6 is 27.7 Å². The van der Waals surface area contributed by atoms with E-state index in [1.54, 1.807) is 12.1 Å². The first-order valence-electron chi connectivity index (χ1n) is 5.42. The normalized spacial score (nSPS) is 20.6.